The van der Waals surface area contributed by atoms with Crippen molar-refractivity contribution in [3.05, 3.63) is 129 Å². The molecule has 1 N–H and O–H groups in total. The fourth-order valence-electron chi connectivity index (χ4n) is 5.04. The Bertz CT molecular complexity index is 1730. The molecule has 0 aliphatic heterocycles. The van der Waals surface area contributed by atoms with Gasteiger partial charge in [0.1, 0.15) is 12.6 Å². The minimum atomic E-state index is -4.19. The van der Waals surface area contributed by atoms with Gasteiger partial charge in [-0.05, 0) is 73.4 Å². The Balaban J connectivity index is 1.83. The number of nitrogens with one attached hydrogen (secondary N) is 1. The summed E-state index contributed by atoms with van der Waals surface area (Å²) in [5.74, 6) is -0.933. The van der Waals surface area contributed by atoms with E-state index in [1.54, 1.807) is 48.5 Å². The minimum Gasteiger partial charge on any atom is -0.354 e. The summed E-state index contributed by atoms with van der Waals surface area (Å²) in [4.78, 5) is 29.9. The molecule has 0 radical (unpaired) electrons. The second-order valence-electron chi connectivity index (χ2n) is 11.2. The highest BCUT2D eigenvalue weighted by Crippen LogP contribution is 2.29. The number of rotatable bonds is 14. The summed E-state index contributed by atoms with van der Waals surface area (Å²) in [5, 5.41) is 3.64. The van der Waals surface area contributed by atoms with E-state index in [-0.39, 0.29) is 23.8 Å². The number of anilines is 1. The highest BCUT2D eigenvalue weighted by molar-refractivity contribution is 7.92. The van der Waals surface area contributed by atoms with Crippen LogP contribution in [0.2, 0.25) is 10.0 Å². The highest BCUT2D eigenvalue weighted by atomic mass is 35.5. The summed E-state index contributed by atoms with van der Waals surface area (Å²) in [7, 11) is -4.19. The number of sulfonamides is 1. The van der Waals surface area contributed by atoms with Crippen molar-refractivity contribution in [2.24, 2.45) is 0 Å². The van der Waals surface area contributed by atoms with Gasteiger partial charge in [-0.1, -0.05) is 97.2 Å². The van der Waals surface area contributed by atoms with Crippen LogP contribution in [-0.4, -0.2) is 44.3 Å². The largest absolute Gasteiger partial charge is 0.354 e. The van der Waals surface area contributed by atoms with E-state index in [2.05, 4.69) is 5.32 Å². The van der Waals surface area contributed by atoms with Gasteiger partial charge in [-0.15, -0.1) is 0 Å². The zero-order valence-corrected chi connectivity index (χ0v) is 28.6. The quantitative estimate of drug-likeness (QED) is 0.141. The van der Waals surface area contributed by atoms with Crippen LogP contribution in [0.25, 0.3) is 0 Å². The zero-order valence-electron chi connectivity index (χ0n) is 26.2. The lowest BCUT2D eigenvalue weighted by Gasteiger charge is -2.34. The number of benzene rings is 4. The maximum absolute atomic E-state index is 14.6. The van der Waals surface area contributed by atoms with Crippen LogP contribution < -0.4 is 9.62 Å². The number of aryl methyl sites for hydroxylation is 2. The third-order valence-corrected chi connectivity index (χ3v) is 10.4. The van der Waals surface area contributed by atoms with Crippen molar-refractivity contribution >= 4 is 50.7 Å². The molecule has 0 bridgehead atoms. The molecule has 0 aromatic heterocycles. The first-order valence-electron chi connectivity index (χ1n) is 15.2. The van der Waals surface area contributed by atoms with Crippen LogP contribution in [0.5, 0.6) is 0 Å². The molecule has 0 spiro atoms. The van der Waals surface area contributed by atoms with E-state index in [9.17, 15) is 18.0 Å². The third kappa shape index (κ3) is 8.69. The third-order valence-electron chi connectivity index (χ3n) is 7.88. The van der Waals surface area contributed by atoms with Crippen molar-refractivity contribution in [2.45, 2.75) is 57.5 Å². The molecule has 0 aliphatic rings. The SMILES string of the molecule is CCCCNC(=O)[C@H](Cc1ccccc1)N(Cc1c(Cl)cccc1Cl)C(=O)CN(c1ccc(C)c(C)c1)S(=O)(=O)c1ccccc1. The fourth-order valence-corrected chi connectivity index (χ4v) is 6.99. The van der Waals surface area contributed by atoms with Gasteiger partial charge in [0.25, 0.3) is 10.0 Å². The molecule has 0 heterocycles. The Hall–Kier alpha value is -3.85. The van der Waals surface area contributed by atoms with E-state index >= 15 is 0 Å². The predicted molar refractivity (Wildman–Crippen MR) is 186 cm³/mol. The Labute approximate surface area is 282 Å². The standard InChI is InChI=1S/C36H39Cl2N3O4S/c1-4-5-21-39-36(43)34(23-28-13-8-6-9-14-28)40(24-31-32(37)17-12-18-33(31)38)35(42)25-41(29-20-19-26(2)27(3)22-29)46(44,45)30-15-10-7-11-16-30/h6-20,22,34H,4-5,21,23-25H2,1-3H3,(H,39,43)/t34-/m0/s1. The summed E-state index contributed by atoms with van der Waals surface area (Å²) in [6, 6.07) is 26.7. The number of carbonyl (C=O) groups excluding carboxylic acids is 2. The first-order valence-corrected chi connectivity index (χ1v) is 17.4. The van der Waals surface area contributed by atoms with Crippen LogP contribution >= 0.6 is 23.2 Å². The van der Waals surface area contributed by atoms with Crippen molar-refractivity contribution in [1.82, 2.24) is 10.2 Å². The average Bonchev–Trinajstić information content (AvgIpc) is 3.05. The molecule has 4 rings (SSSR count). The second-order valence-corrected chi connectivity index (χ2v) is 13.8. The summed E-state index contributed by atoms with van der Waals surface area (Å²) in [5.41, 5.74) is 3.48. The lowest BCUT2D eigenvalue weighted by atomic mass is 10.0. The molecule has 4 aromatic rings. The van der Waals surface area contributed by atoms with Gasteiger partial charge in [-0.3, -0.25) is 13.9 Å². The Morgan fingerprint density at radius 1 is 0.826 bits per heavy atom. The highest BCUT2D eigenvalue weighted by Gasteiger charge is 2.35. The predicted octanol–water partition coefficient (Wildman–Crippen LogP) is 7.36. The van der Waals surface area contributed by atoms with E-state index in [0.29, 0.717) is 27.8 Å². The molecule has 0 saturated carbocycles. The molecule has 1 atom stereocenters. The lowest BCUT2D eigenvalue weighted by Crippen LogP contribution is -2.53. The summed E-state index contributed by atoms with van der Waals surface area (Å²) in [6.07, 6.45) is 1.84. The van der Waals surface area contributed by atoms with Crippen LogP contribution in [0.3, 0.4) is 0 Å². The Morgan fingerprint density at radius 2 is 1.46 bits per heavy atom. The summed E-state index contributed by atoms with van der Waals surface area (Å²) >= 11 is 13.2. The molecule has 4 aromatic carbocycles. The molecule has 242 valence electrons. The zero-order chi connectivity index (χ0) is 33.3. The van der Waals surface area contributed by atoms with Crippen molar-refractivity contribution in [3.63, 3.8) is 0 Å². The monoisotopic (exact) mass is 679 g/mol. The van der Waals surface area contributed by atoms with Gasteiger partial charge in [0.05, 0.1) is 10.6 Å². The van der Waals surface area contributed by atoms with Gasteiger partial charge in [0, 0.05) is 35.1 Å². The van der Waals surface area contributed by atoms with Crippen LogP contribution in [0, 0.1) is 13.8 Å². The number of halogens is 2. The van der Waals surface area contributed by atoms with Crippen molar-refractivity contribution < 1.29 is 18.0 Å². The van der Waals surface area contributed by atoms with E-state index in [1.807, 2.05) is 57.2 Å². The first-order chi connectivity index (χ1) is 22.0. The fraction of sp³-hybridized carbons (Fsp3) is 0.278. The molecule has 10 heteroatoms. The summed E-state index contributed by atoms with van der Waals surface area (Å²) in [6.45, 7) is 5.61. The van der Waals surface area contributed by atoms with E-state index in [4.69, 9.17) is 23.2 Å². The van der Waals surface area contributed by atoms with Gasteiger partial charge >= 0.3 is 0 Å². The molecule has 0 unspecified atom stereocenters. The number of amides is 2. The van der Waals surface area contributed by atoms with Gasteiger partial charge in [0.15, 0.2) is 0 Å². The molecular weight excluding hydrogens is 641 g/mol. The van der Waals surface area contributed by atoms with Gasteiger partial charge < -0.3 is 10.2 Å². The molecule has 0 aliphatic carbocycles. The Kier molecular flexibility index (Phi) is 12.3. The average molecular weight is 681 g/mol. The normalized spacial score (nSPS) is 11.9. The van der Waals surface area contributed by atoms with Crippen molar-refractivity contribution in [1.29, 1.82) is 0 Å². The summed E-state index contributed by atoms with van der Waals surface area (Å²) < 4.78 is 29.4. The van der Waals surface area contributed by atoms with Crippen LogP contribution in [0.15, 0.2) is 102 Å². The van der Waals surface area contributed by atoms with Gasteiger partial charge in [-0.25, -0.2) is 8.42 Å². The van der Waals surface area contributed by atoms with E-state index in [1.165, 1.54) is 17.0 Å². The second kappa shape index (κ2) is 16.1. The van der Waals surface area contributed by atoms with Crippen molar-refractivity contribution in [3.8, 4) is 0 Å². The minimum absolute atomic E-state index is 0.0415. The smallest absolute Gasteiger partial charge is 0.264 e. The Morgan fingerprint density at radius 3 is 2.07 bits per heavy atom. The molecule has 0 saturated heterocycles. The molecule has 46 heavy (non-hydrogen) atoms. The van der Waals surface area contributed by atoms with Gasteiger partial charge in [0.2, 0.25) is 11.8 Å². The number of unbranched alkanes of at least 4 members (excludes halogenated alkanes) is 1. The van der Waals surface area contributed by atoms with Crippen LogP contribution in [0.4, 0.5) is 5.69 Å². The lowest BCUT2D eigenvalue weighted by molar-refractivity contribution is -0.140. The van der Waals surface area contributed by atoms with Crippen molar-refractivity contribution in [2.75, 3.05) is 17.4 Å². The number of carbonyl (C=O) groups is 2. The first kappa shape index (κ1) is 35.0. The van der Waals surface area contributed by atoms with Crippen LogP contribution in [0.1, 0.15) is 42.0 Å². The maximum atomic E-state index is 14.6. The molecule has 7 nitrogen and oxygen atoms in total. The molecule has 2 amide bonds. The van der Waals surface area contributed by atoms with E-state index in [0.717, 1.165) is 33.8 Å². The van der Waals surface area contributed by atoms with E-state index < -0.39 is 28.5 Å². The number of hydrogen-bond acceptors (Lipinski definition) is 4. The molecule has 0 fully saturated rings. The van der Waals surface area contributed by atoms with Crippen LogP contribution in [-0.2, 0) is 32.6 Å². The topological polar surface area (TPSA) is 86.8 Å². The maximum Gasteiger partial charge on any atom is 0.264 e. The number of nitrogens with zero attached hydrogens (tertiary/aromatic N) is 2. The number of hydrogen-bond donors (Lipinski definition) is 1. The molecular formula is C36H39Cl2N3O4S. The van der Waals surface area contributed by atoms with Gasteiger partial charge in [-0.2, -0.15) is 0 Å².